The molecule has 0 heterocycles. The van der Waals surface area contributed by atoms with Crippen LogP contribution in [0, 0.1) is 5.92 Å². The van der Waals surface area contributed by atoms with E-state index in [4.69, 9.17) is 11.5 Å². The number of carbonyl (C=O) groups is 6. The van der Waals surface area contributed by atoms with Gasteiger partial charge in [0.15, 0.2) is 0 Å². The lowest BCUT2D eigenvalue weighted by molar-refractivity contribution is -0.142. The molecule has 2 rings (SSSR count). The highest BCUT2D eigenvalue weighted by molar-refractivity contribution is 5.94. The maximum atomic E-state index is 13.1. The normalized spacial score (nSPS) is 13.5. The van der Waals surface area contributed by atoms with E-state index in [-0.39, 0.29) is 43.8 Å². The van der Waals surface area contributed by atoms with Crippen molar-refractivity contribution in [2.75, 3.05) is 6.54 Å². The first-order valence-corrected chi connectivity index (χ1v) is 14.5. The minimum atomic E-state index is -1.25. The van der Waals surface area contributed by atoms with Crippen LogP contribution in [0.2, 0.25) is 0 Å². The molecule has 2 aromatic carbocycles. The highest BCUT2D eigenvalue weighted by Crippen LogP contribution is 2.11. The van der Waals surface area contributed by atoms with Gasteiger partial charge in [0.1, 0.15) is 23.9 Å². The molecule has 0 fully saturated rings. The molecule has 0 aliphatic heterocycles. The van der Waals surface area contributed by atoms with Crippen LogP contribution in [-0.2, 0) is 41.6 Å². The number of phenols is 1. The number of aromatic hydroxyl groups is 1. The number of carbonyl (C=O) groups excluding carboxylic acids is 5. The van der Waals surface area contributed by atoms with E-state index in [1.165, 1.54) is 12.1 Å². The zero-order valence-corrected chi connectivity index (χ0v) is 25.3. The fraction of sp³-hybridized carbons (Fsp3) is 0.419. The molecular formula is C31H42N6O8. The fourth-order valence-electron chi connectivity index (χ4n) is 4.37. The first-order chi connectivity index (χ1) is 21.2. The number of hydrogen-bond donors (Lipinski definition) is 8. The number of rotatable bonds is 18. The van der Waals surface area contributed by atoms with Crippen LogP contribution in [0.4, 0.5) is 0 Å². The minimum absolute atomic E-state index is 0.0193. The van der Waals surface area contributed by atoms with Crippen LogP contribution in [0.25, 0.3) is 0 Å². The molecule has 0 bridgehead atoms. The number of nitrogens with one attached hydrogen (secondary N) is 4. The summed E-state index contributed by atoms with van der Waals surface area (Å²) in [6.45, 7) is 3.04. The molecule has 5 amide bonds. The van der Waals surface area contributed by atoms with E-state index in [0.717, 1.165) is 0 Å². The number of benzene rings is 2. The predicted molar refractivity (Wildman–Crippen MR) is 164 cm³/mol. The van der Waals surface area contributed by atoms with Crippen LogP contribution < -0.4 is 32.7 Å². The molecule has 0 spiro atoms. The molecule has 0 saturated carbocycles. The summed E-state index contributed by atoms with van der Waals surface area (Å²) < 4.78 is 0. The molecule has 10 N–H and O–H groups in total. The number of amides is 5. The second kappa shape index (κ2) is 18.0. The smallest absolute Gasteiger partial charge is 0.326 e. The monoisotopic (exact) mass is 626 g/mol. The first-order valence-electron chi connectivity index (χ1n) is 14.5. The number of nitrogens with two attached hydrogens (primary N) is 2. The van der Waals surface area contributed by atoms with Gasteiger partial charge in [-0.25, -0.2) is 4.79 Å². The van der Waals surface area contributed by atoms with Crippen molar-refractivity contribution in [2.45, 2.75) is 70.1 Å². The van der Waals surface area contributed by atoms with Gasteiger partial charge in [-0.1, -0.05) is 56.3 Å². The van der Waals surface area contributed by atoms with Crippen LogP contribution in [-0.4, -0.2) is 76.4 Å². The molecule has 45 heavy (non-hydrogen) atoms. The van der Waals surface area contributed by atoms with E-state index in [0.29, 0.717) is 11.1 Å². The molecule has 0 aromatic heterocycles. The van der Waals surface area contributed by atoms with Crippen molar-refractivity contribution in [3.8, 4) is 5.75 Å². The molecule has 0 saturated heterocycles. The Labute approximate surface area is 261 Å². The van der Waals surface area contributed by atoms with E-state index in [1.807, 2.05) is 13.8 Å². The van der Waals surface area contributed by atoms with Crippen molar-refractivity contribution in [1.82, 2.24) is 21.3 Å². The Morgan fingerprint density at radius 1 is 0.756 bits per heavy atom. The average molecular weight is 627 g/mol. The predicted octanol–water partition coefficient (Wildman–Crippen LogP) is -0.528. The standard InChI is InChI=1S/C31H42N6O8/c1-18(2)14-25(31(44)45)37-30(43)24(16-19-6-4-3-5-7-19)35-27(40)17-34-29(42)23(12-13-26(33)39)36-28(41)22(32)15-20-8-10-21(38)11-9-20/h3-11,18,22-25,38H,12-17,32H2,1-2H3,(H2,33,39)(H,34,42)(H,35,40)(H,36,41)(H,37,43)(H,44,45)/t22-,23-,24-,25-/m0/s1. The molecule has 244 valence electrons. The molecule has 4 atom stereocenters. The van der Waals surface area contributed by atoms with Gasteiger partial charge in [0.05, 0.1) is 12.6 Å². The van der Waals surface area contributed by atoms with Crippen molar-refractivity contribution < 1.29 is 39.0 Å². The third-order valence-corrected chi connectivity index (χ3v) is 6.72. The van der Waals surface area contributed by atoms with E-state index in [9.17, 15) is 39.0 Å². The van der Waals surface area contributed by atoms with Gasteiger partial charge in [-0.15, -0.1) is 0 Å². The summed E-state index contributed by atoms with van der Waals surface area (Å²) in [5.41, 5.74) is 12.6. The van der Waals surface area contributed by atoms with Gasteiger partial charge in [-0.3, -0.25) is 24.0 Å². The Balaban J connectivity index is 2.07. The summed E-state index contributed by atoms with van der Waals surface area (Å²) >= 11 is 0. The molecule has 14 nitrogen and oxygen atoms in total. The maximum Gasteiger partial charge on any atom is 0.326 e. The molecule has 2 aromatic rings. The number of carboxylic acid groups (broad SMARTS) is 1. The lowest BCUT2D eigenvalue weighted by Crippen LogP contribution is -2.56. The largest absolute Gasteiger partial charge is 0.508 e. The van der Waals surface area contributed by atoms with Crippen molar-refractivity contribution in [3.63, 3.8) is 0 Å². The molecule has 14 heteroatoms. The number of aliphatic carboxylic acids is 1. The van der Waals surface area contributed by atoms with E-state index < -0.39 is 66.2 Å². The number of phenolic OH excluding ortho intramolecular Hbond substituents is 1. The Kier molecular flexibility index (Phi) is 14.5. The first kappa shape index (κ1) is 36.2. The number of carboxylic acids is 1. The Morgan fingerprint density at radius 2 is 1.36 bits per heavy atom. The van der Waals surface area contributed by atoms with Crippen LogP contribution in [0.15, 0.2) is 54.6 Å². The highest BCUT2D eigenvalue weighted by atomic mass is 16.4. The van der Waals surface area contributed by atoms with E-state index >= 15 is 0 Å². The second-order valence-corrected chi connectivity index (χ2v) is 11.1. The Bertz CT molecular complexity index is 1320. The van der Waals surface area contributed by atoms with Crippen molar-refractivity contribution >= 4 is 35.5 Å². The summed E-state index contributed by atoms with van der Waals surface area (Å²) in [5.74, 6) is -4.82. The van der Waals surface area contributed by atoms with Gasteiger partial charge >= 0.3 is 5.97 Å². The van der Waals surface area contributed by atoms with Gasteiger partial charge in [-0.05, 0) is 48.4 Å². The van der Waals surface area contributed by atoms with Crippen LogP contribution in [0.1, 0.15) is 44.2 Å². The lowest BCUT2D eigenvalue weighted by Gasteiger charge is -2.23. The quantitative estimate of drug-likeness (QED) is 0.106. The number of primary amides is 1. The van der Waals surface area contributed by atoms with Crippen LogP contribution >= 0.6 is 0 Å². The average Bonchev–Trinajstić information content (AvgIpc) is 2.98. The third-order valence-electron chi connectivity index (χ3n) is 6.72. The highest BCUT2D eigenvalue weighted by Gasteiger charge is 2.29. The Hall–Kier alpha value is -4.98. The Morgan fingerprint density at radius 3 is 1.93 bits per heavy atom. The molecule has 0 radical (unpaired) electrons. The topological polar surface area (TPSA) is 243 Å². The fourth-order valence-corrected chi connectivity index (χ4v) is 4.37. The summed E-state index contributed by atoms with van der Waals surface area (Å²) in [6.07, 6.45) is -0.0652. The zero-order valence-electron chi connectivity index (χ0n) is 25.3. The van der Waals surface area contributed by atoms with Gasteiger partial charge in [-0.2, -0.15) is 0 Å². The van der Waals surface area contributed by atoms with Gasteiger partial charge in [0.25, 0.3) is 0 Å². The van der Waals surface area contributed by atoms with Gasteiger partial charge < -0.3 is 42.9 Å². The number of hydrogen-bond acceptors (Lipinski definition) is 8. The lowest BCUT2D eigenvalue weighted by atomic mass is 10.0. The maximum absolute atomic E-state index is 13.1. The second-order valence-electron chi connectivity index (χ2n) is 11.1. The van der Waals surface area contributed by atoms with E-state index in [2.05, 4.69) is 21.3 Å². The van der Waals surface area contributed by atoms with Gasteiger partial charge in [0.2, 0.25) is 29.5 Å². The minimum Gasteiger partial charge on any atom is -0.508 e. The van der Waals surface area contributed by atoms with E-state index in [1.54, 1.807) is 42.5 Å². The summed E-state index contributed by atoms with van der Waals surface area (Å²) in [4.78, 5) is 74.8. The molecular weight excluding hydrogens is 584 g/mol. The van der Waals surface area contributed by atoms with Crippen molar-refractivity contribution in [3.05, 3.63) is 65.7 Å². The zero-order chi connectivity index (χ0) is 33.5. The molecule has 0 aliphatic carbocycles. The SMILES string of the molecule is CC(C)C[C@H](NC(=O)[C@H](Cc1ccccc1)NC(=O)CNC(=O)[C@H](CCC(N)=O)NC(=O)[C@@H](N)Cc1ccc(O)cc1)C(=O)O. The molecule has 0 unspecified atom stereocenters. The van der Waals surface area contributed by atoms with Crippen LogP contribution in [0.3, 0.4) is 0 Å². The summed E-state index contributed by atoms with van der Waals surface area (Å²) in [5, 5.41) is 28.9. The van der Waals surface area contributed by atoms with Gasteiger partial charge in [0, 0.05) is 12.8 Å². The van der Waals surface area contributed by atoms with Crippen molar-refractivity contribution in [2.24, 2.45) is 17.4 Å². The molecule has 0 aliphatic rings. The summed E-state index contributed by atoms with van der Waals surface area (Å²) in [6, 6.07) is 10.2. The van der Waals surface area contributed by atoms with Crippen LogP contribution in [0.5, 0.6) is 5.75 Å². The van der Waals surface area contributed by atoms with Crippen molar-refractivity contribution in [1.29, 1.82) is 0 Å². The summed E-state index contributed by atoms with van der Waals surface area (Å²) in [7, 11) is 0. The third kappa shape index (κ3) is 13.5.